The minimum atomic E-state index is -4.42. The molecule has 3 nitrogen and oxygen atoms in total. The molecule has 0 aliphatic rings. The molecule has 0 amide bonds. The predicted molar refractivity (Wildman–Crippen MR) is 54.5 cm³/mol. The van der Waals surface area contributed by atoms with E-state index in [-0.39, 0.29) is 16.5 Å². The van der Waals surface area contributed by atoms with Gasteiger partial charge in [-0.15, -0.1) is 0 Å². The van der Waals surface area contributed by atoms with Crippen molar-refractivity contribution >= 4 is 11.6 Å². The minimum absolute atomic E-state index is 0.0801. The van der Waals surface area contributed by atoms with Gasteiger partial charge in [-0.25, -0.2) is 0 Å². The standard InChI is InChI=1S/C10H6ClF3N2O/c1-5-15-9(17-16-5)7-3-2-6(4-8(7)11)10(12,13)14/h2-4H,1H3. The normalized spacial score (nSPS) is 11.8. The second kappa shape index (κ2) is 4.03. The van der Waals surface area contributed by atoms with Crippen molar-refractivity contribution in [3.05, 3.63) is 34.6 Å². The molecule has 7 heteroatoms. The van der Waals surface area contributed by atoms with E-state index in [2.05, 4.69) is 10.1 Å². The lowest BCUT2D eigenvalue weighted by Gasteiger charge is -2.07. The highest BCUT2D eigenvalue weighted by Crippen LogP contribution is 2.34. The van der Waals surface area contributed by atoms with Gasteiger partial charge in [0.25, 0.3) is 5.89 Å². The second-order valence-corrected chi connectivity index (χ2v) is 3.75. The van der Waals surface area contributed by atoms with E-state index < -0.39 is 11.7 Å². The van der Waals surface area contributed by atoms with Gasteiger partial charge in [-0.1, -0.05) is 16.8 Å². The van der Waals surface area contributed by atoms with E-state index in [1.165, 1.54) is 6.07 Å². The number of aromatic nitrogens is 2. The third kappa shape index (κ3) is 2.41. The highest BCUT2D eigenvalue weighted by molar-refractivity contribution is 6.33. The molecule has 1 aromatic carbocycles. The molecule has 0 bridgehead atoms. The molecule has 0 aliphatic carbocycles. The Bertz CT molecular complexity index is 551. The largest absolute Gasteiger partial charge is 0.416 e. The topological polar surface area (TPSA) is 38.9 Å². The smallest absolute Gasteiger partial charge is 0.334 e. The van der Waals surface area contributed by atoms with Crippen LogP contribution < -0.4 is 0 Å². The maximum atomic E-state index is 12.4. The van der Waals surface area contributed by atoms with E-state index in [4.69, 9.17) is 16.1 Å². The van der Waals surface area contributed by atoms with Gasteiger partial charge in [-0.05, 0) is 25.1 Å². The Kier molecular flexibility index (Phi) is 2.82. The Morgan fingerprint density at radius 2 is 2.00 bits per heavy atom. The van der Waals surface area contributed by atoms with Crippen molar-refractivity contribution in [3.63, 3.8) is 0 Å². The summed E-state index contributed by atoms with van der Waals surface area (Å²) in [6.45, 7) is 1.60. The van der Waals surface area contributed by atoms with Crippen molar-refractivity contribution in [2.24, 2.45) is 0 Å². The fraction of sp³-hybridized carbons (Fsp3) is 0.200. The van der Waals surface area contributed by atoms with Crippen LogP contribution in [0.5, 0.6) is 0 Å². The van der Waals surface area contributed by atoms with Gasteiger partial charge in [0.1, 0.15) is 0 Å². The number of benzene rings is 1. The number of aryl methyl sites for hydroxylation is 1. The molecule has 0 saturated heterocycles. The summed E-state index contributed by atoms with van der Waals surface area (Å²) in [7, 11) is 0. The van der Waals surface area contributed by atoms with Gasteiger partial charge in [0.15, 0.2) is 5.82 Å². The maximum absolute atomic E-state index is 12.4. The van der Waals surface area contributed by atoms with Gasteiger partial charge in [0.05, 0.1) is 16.1 Å². The monoisotopic (exact) mass is 262 g/mol. The lowest BCUT2D eigenvalue weighted by atomic mass is 10.1. The molecule has 2 rings (SSSR count). The Morgan fingerprint density at radius 1 is 1.29 bits per heavy atom. The third-order valence-electron chi connectivity index (χ3n) is 2.05. The molecular weight excluding hydrogens is 257 g/mol. The molecule has 1 heterocycles. The van der Waals surface area contributed by atoms with Crippen LogP contribution in [0.4, 0.5) is 13.2 Å². The van der Waals surface area contributed by atoms with Crippen molar-refractivity contribution in [3.8, 4) is 11.5 Å². The molecule has 0 atom stereocenters. The van der Waals surface area contributed by atoms with E-state index in [9.17, 15) is 13.2 Å². The van der Waals surface area contributed by atoms with Crippen LogP contribution in [0.15, 0.2) is 22.7 Å². The number of alkyl halides is 3. The predicted octanol–water partition coefficient (Wildman–Crippen LogP) is 3.72. The summed E-state index contributed by atoms with van der Waals surface area (Å²) in [6.07, 6.45) is -4.42. The Morgan fingerprint density at radius 3 is 2.47 bits per heavy atom. The molecule has 0 N–H and O–H groups in total. The van der Waals surface area contributed by atoms with E-state index in [1.807, 2.05) is 0 Å². The molecule has 0 fully saturated rings. The van der Waals surface area contributed by atoms with Crippen molar-refractivity contribution in [2.75, 3.05) is 0 Å². The summed E-state index contributed by atoms with van der Waals surface area (Å²) in [5.74, 6) is 0.484. The molecule has 0 unspecified atom stereocenters. The molecule has 2 aromatic rings. The van der Waals surface area contributed by atoms with E-state index in [0.29, 0.717) is 5.82 Å². The highest BCUT2D eigenvalue weighted by atomic mass is 35.5. The average Bonchev–Trinajstić information content (AvgIpc) is 2.63. The molecule has 0 aliphatic heterocycles. The summed E-state index contributed by atoms with van der Waals surface area (Å²) in [6, 6.07) is 2.95. The zero-order chi connectivity index (χ0) is 12.6. The van der Waals surface area contributed by atoms with Gasteiger partial charge < -0.3 is 4.52 Å². The maximum Gasteiger partial charge on any atom is 0.416 e. The summed E-state index contributed by atoms with van der Waals surface area (Å²) < 4.78 is 42.0. The van der Waals surface area contributed by atoms with Crippen LogP contribution in [0.25, 0.3) is 11.5 Å². The molecular formula is C10H6ClF3N2O. The van der Waals surface area contributed by atoms with E-state index in [0.717, 1.165) is 12.1 Å². The van der Waals surface area contributed by atoms with Crippen molar-refractivity contribution in [1.29, 1.82) is 0 Å². The number of nitrogens with zero attached hydrogens (tertiary/aromatic N) is 2. The fourth-order valence-electron chi connectivity index (χ4n) is 1.27. The van der Waals surface area contributed by atoms with Gasteiger partial charge >= 0.3 is 6.18 Å². The summed E-state index contributed by atoms with van der Waals surface area (Å²) in [5.41, 5.74) is -0.539. The molecule has 0 spiro atoms. The van der Waals surface area contributed by atoms with Gasteiger partial charge in [0, 0.05) is 0 Å². The van der Waals surface area contributed by atoms with Crippen LogP contribution in [0.3, 0.4) is 0 Å². The lowest BCUT2D eigenvalue weighted by Crippen LogP contribution is -2.04. The van der Waals surface area contributed by atoms with Gasteiger partial charge in [0.2, 0.25) is 0 Å². The number of rotatable bonds is 1. The van der Waals surface area contributed by atoms with E-state index in [1.54, 1.807) is 6.92 Å². The zero-order valence-electron chi connectivity index (χ0n) is 8.55. The number of halogens is 4. The first-order chi connectivity index (χ1) is 7.88. The molecule has 90 valence electrons. The van der Waals surface area contributed by atoms with Crippen LogP contribution in [-0.2, 0) is 6.18 Å². The zero-order valence-corrected chi connectivity index (χ0v) is 9.30. The molecule has 1 aromatic heterocycles. The molecule has 0 saturated carbocycles. The minimum Gasteiger partial charge on any atom is -0.334 e. The third-order valence-corrected chi connectivity index (χ3v) is 2.37. The van der Waals surface area contributed by atoms with Crippen LogP contribution in [0, 0.1) is 6.92 Å². The first-order valence-electron chi connectivity index (χ1n) is 4.55. The highest BCUT2D eigenvalue weighted by Gasteiger charge is 2.31. The fourth-order valence-corrected chi connectivity index (χ4v) is 1.53. The van der Waals surface area contributed by atoms with Crippen LogP contribution in [0.2, 0.25) is 5.02 Å². The summed E-state index contributed by atoms with van der Waals surface area (Å²) >= 11 is 5.75. The van der Waals surface area contributed by atoms with Crippen LogP contribution in [-0.4, -0.2) is 10.1 Å². The first kappa shape index (κ1) is 11.9. The van der Waals surface area contributed by atoms with Gasteiger partial charge in [-0.2, -0.15) is 18.2 Å². The van der Waals surface area contributed by atoms with Crippen LogP contribution >= 0.6 is 11.6 Å². The Hall–Kier alpha value is -1.56. The Labute approximate surface area is 99.2 Å². The summed E-state index contributed by atoms with van der Waals surface area (Å²) in [5, 5.41) is 3.46. The SMILES string of the molecule is Cc1noc(-c2ccc(C(F)(F)F)cc2Cl)n1. The average molecular weight is 263 g/mol. The van der Waals surface area contributed by atoms with Crippen molar-refractivity contribution < 1.29 is 17.7 Å². The quantitative estimate of drug-likeness (QED) is 0.786. The van der Waals surface area contributed by atoms with Crippen LogP contribution in [0.1, 0.15) is 11.4 Å². The second-order valence-electron chi connectivity index (χ2n) is 3.34. The Balaban J connectivity index is 2.45. The molecule has 17 heavy (non-hydrogen) atoms. The number of hydrogen-bond acceptors (Lipinski definition) is 3. The summed E-state index contributed by atoms with van der Waals surface area (Å²) in [4.78, 5) is 3.89. The van der Waals surface area contributed by atoms with E-state index >= 15 is 0 Å². The molecule has 0 radical (unpaired) electrons. The van der Waals surface area contributed by atoms with Crippen molar-refractivity contribution in [2.45, 2.75) is 13.1 Å². The lowest BCUT2D eigenvalue weighted by molar-refractivity contribution is -0.137. The number of hydrogen-bond donors (Lipinski definition) is 0. The van der Waals surface area contributed by atoms with Gasteiger partial charge in [-0.3, -0.25) is 0 Å². The van der Waals surface area contributed by atoms with Crippen molar-refractivity contribution in [1.82, 2.24) is 10.1 Å². The first-order valence-corrected chi connectivity index (χ1v) is 4.93.